The van der Waals surface area contributed by atoms with Gasteiger partial charge in [-0.3, -0.25) is 9.78 Å². The normalized spacial score (nSPS) is 9.86. The molecule has 0 bridgehead atoms. The van der Waals surface area contributed by atoms with Crippen LogP contribution in [-0.2, 0) is 0 Å². The number of carbonyl (C=O) groups excluding carboxylic acids is 1. The van der Waals surface area contributed by atoms with E-state index in [1.165, 1.54) is 0 Å². The number of carbonyl (C=O) groups is 1. The van der Waals surface area contributed by atoms with Gasteiger partial charge in [0.25, 0.3) is 5.91 Å². The number of aryl methyl sites for hydroxylation is 2. The molecule has 2 N–H and O–H groups in total. The monoisotopic (exact) mass is 295 g/mol. The van der Waals surface area contributed by atoms with Crippen LogP contribution in [-0.4, -0.2) is 29.0 Å². The maximum atomic E-state index is 11.8. The van der Waals surface area contributed by atoms with Gasteiger partial charge in [0.1, 0.15) is 11.9 Å². The Morgan fingerprint density at radius 3 is 2.64 bits per heavy atom. The van der Waals surface area contributed by atoms with Gasteiger partial charge in [0.2, 0.25) is 0 Å². The molecule has 0 radical (unpaired) electrons. The Bertz CT molecular complexity index is 683. The SMILES string of the molecule is Cc1cc(NCCNC(=O)c2ccncc2)nc(C)c1C#N. The molecule has 6 heteroatoms. The number of aromatic nitrogens is 2. The lowest BCUT2D eigenvalue weighted by Gasteiger charge is -2.10. The summed E-state index contributed by atoms with van der Waals surface area (Å²) >= 11 is 0. The second-order valence-electron chi connectivity index (χ2n) is 4.82. The first-order valence-electron chi connectivity index (χ1n) is 6.92. The van der Waals surface area contributed by atoms with Crippen LogP contribution in [0.3, 0.4) is 0 Å². The summed E-state index contributed by atoms with van der Waals surface area (Å²) in [7, 11) is 0. The zero-order valence-electron chi connectivity index (χ0n) is 12.6. The first-order valence-corrected chi connectivity index (χ1v) is 6.92. The van der Waals surface area contributed by atoms with E-state index in [2.05, 4.69) is 26.7 Å². The standard InChI is InChI=1S/C16H17N5O/c1-11-9-15(21-12(2)14(11)10-17)19-7-8-20-16(22)13-3-5-18-6-4-13/h3-6,9H,7-8H2,1-2H3,(H,19,21)(H,20,22). The fourth-order valence-electron chi connectivity index (χ4n) is 2.06. The largest absolute Gasteiger partial charge is 0.368 e. The summed E-state index contributed by atoms with van der Waals surface area (Å²) in [5, 5.41) is 15.0. The van der Waals surface area contributed by atoms with Crippen molar-refractivity contribution in [1.29, 1.82) is 5.26 Å². The quantitative estimate of drug-likeness (QED) is 0.821. The van der Waals surface area contributed by atoms with Gasteiger partial charge < -0.3 is 10.6 Å². The molecule has 0 aliphatic rings. The van der Waals surface area contributed by atoms with Crippen molar-refractivity contribution in [2.75, 3.05) is 18.4 Å². The highest BCUT2D eigenvalue weighted by molar-refractivity contribution is 5.93. The van der Waals surface area contributed by atoms with Gasteiger partial charge in [-0.1, -0.05) is 0 Å². The van der Waals surface area contributed by atoms with Crippen molar-refractivity contribution >= 4 is 11.7 Å². The topological polar surface area (TPSA) is 90.7 Å². The molecule has 0 spiro atoms. The molecule has 0 saturated carbocycles. The van der Waals surface area contributed by atoms with Crippen LogP contribution < -0.4 is 10.6 Å². The number of amides is 1. The first-order chi connectivity index (χ1) is 10.6. The minimum absolute atomic E-state index is 0.135. The summed E-state index contributed by atoms with van der Waals surface area (Å²) in [6, 6.07) is 7.30. The van der Waals surface area contributed by atoms with Crippen LogP contribution in [0.4, 0.5) is 5.82 Å². The number of anilines is 1. The Morgan fingerprint density at radius 1 is 1.27 bits per heavy atom. The smallest absolute Gasteiger partial charge is 0.251 e. The van der Waals surface area contributed by atoms with E-state index in [0.29, 0.717) is 35.7 Å². The maximum absolute atomic E-state index is 11.8. The Balaban J connectivity index is 1.85. The third-order valence-electron chi connectivity index (χ3n) is 3.17. The molecule has 0 saturated heterocycles. The van der Waals surface area contributed by atoms with Crippen LogP contribution in [0.15, 0.2) is 30.6 Å². The number of nitrogens with zero attached hydrogens (tertiary/aromatic N) is 3. The zero-order valence-corrected chi connectivity index (χ0v) is 12.6. The van der Waals surface area contributed by atoms with Crippen LogP contribution in [0.2, 0.25) is 0 Å². The second-order valence-corrected chi connectivity index (χ2v) is 4.82. The van der Waals surface area contributed by atoms with Gasteiger partial charge in [0.05, 0.1) is 11.3 Å². The van der Waals surface area contributed by atoms with E-state index in [9.17, 15) is 4.79 Å². The van der Waals surface area contributed by atoms with Crippen molar-refractivity contribution in [3.63, 3.8) is 0 Å². The highest BCUT2D eigenvalue weighted by Crippen LogP contribution is 2.14. The Hall–Kier alpha value is -2.94. The molecule has 0 atom stereocenters. The molecule has 1 amide bonds. The number of hydrogen-bond acceptors (Lipinski definition) is 5. The average Bonchev–Trinajstić information content (AvgIpc) is 2.52. The molecular formula is C16H17N5O. The van der Waals surface area contributed by atoms with E-state index < -0.39 is 0 Å². The molecule has 0 aliphatic heterocycles. The molecule has 0 unspecified atom stereocenters. The maximum Gasteiger partial charge on any atom is 0.251 e. The van der Waals surface area contributed by atoms with Crippen molar-refractivity contribution in [3.05, 3.63) is 53.0 Å². The van der Waals surface area contributed by atoms with Crippen molar-refractivity contribution in [2.24, 2.45) is 0 Å². The lowest BCUT2D eigenvalue weighted by molar-refractivity contribution is 0.0955. The van der Waals surface area contributed by atoms with Gasteiger partial charge in [-0.15, -0.1) is 0 Å². The first kappa shape index (κ1) is 15.4. The summed E-state index contributed by atoms with van der Waals surface area (Å²) in [6.07, 6.45) is 3.17. The van der Waals surface area contributed by atoms with Crippen molar-refractivity contribution in [2.45, 2.75) is 13.8 Å². The lowest BCUT2D eigenvalue weighted by atomic mass is 10.1. The van der Waals surface area contributed by atoms with Gasteiger partial charge in [0.15, 0.2) is 0 Å². The van der Waals surface area contributed by atoms with Crippen molar-refractivity contribution in [1.82, 2.24) is 15.3 Å². The van der Waals surface area contributed by atoms with E-state index in [1.807, 2.05) is 19.9 Å². The van der Waals surface area contributed by atoms with Gasteiger partial charge in [-0.25, -0.2) is 4.98 Å². The number of pyridine rings is 2. The van der Waals surface area contributed by atoms with Crippen LogP contribution in [0.1, 0.15) is 27.2 Å². The second kappa shape index (κ2) is 7.18. The molecule has 2 heterocycles. The van der Waals surface area contributed by atoms with Gasteiger partial charge >= 0.3 is 0 Å². The van der Waals surface area contributed by atoms with Crippen LogP contribution in [0.25, 0.3) is 0 Å². The Kier molecular flexibility index (Phi) is 5.04. The van der Waals surface area contributed by atoms with Gasteiger partial charge in [-0.05, 0) is 37.6 Å². The summed E-state index contributed by atoms with van der Waals surface area (Å²) < 4.78 is 0. The van der Waals surface area contributed by atoms with E-state index >= 15 is 0 Å². The summed E-state index contributed by atoms with van der Waals surface area (Å²) in [5.41, 5.74) is 2.78. The summed E-state index contributed by atoms with van der Waals surface area (Å²) in [6.45, 7) is 4.71. The van der Waals surface area contributed by atoms with Gasteiger partial charge in [0, 0.05) is 31.0 Å². The molecule has 6 nitrogen and oxygen atoms in total. The Morgan fingerprint density at radius 2 is 2.00 bits per heavy atom. The zero-order chi connectivity index (χ0) is 15.9. The molecule has 22 heavy (non-hydrogen) atoms. The lowest BCUT2D eigenvalue weighted by Crippen LogP contribution is -2.28. The van der Waals surface area contributed by atoms with E-state index in [0.717, 1.165) is 5.56 Å². The number of hydrogen-bond donors (Lipinski definition) is 2. The Labute approximate surface area is 129 Å². The van der Waals surface area contributed by atoms with E-state index in [-0.39, 0.29) is 5.91 Å². The van der Waals surface area contributed by atoms with Crippen LogP contribution >= 0.6 is 0 Å². The molecule has 0 aliphatic carbocycles. The summed E-state index contributed by atoms with van der Waals surface area (Å²) in [5.74, 6) is 0.566. The molecule has 0 fully saturated rings. The van der Waals surface area contributed by atoms with Crippen molar-refractivity contribution < 1.29 is 4.79 Å². The predicted octanol–water partition coefficient (Wildman–Crippen LogP) is 1.81. The van der Waals surface area contributed by atoms with Crippen LogP contribution in [0.5, 0.6) is 0 Å². The minimum Gasteiger partial charge on any atom is -0.368 e. The number of nitrogens with one attached hydrogen (secondary N) is 2. The highest BCUT2D eigenvalue weighted by Gasteiger charge is 2.06. The van der Waals surface area contributed by atoms with Crippen LogP contribution in [0, 0.1) is 25.2 Å². The molecule has 2 aromatic heterocycles. The summed E-state index contributed by atoms with van der Waals surface area (Å²) in [4.78, 5) is 20.0. The molecule has 2 aromatic rings. The van der Waals surface area contributed by atoms with E-state index in [4.69, 9.17) is 5.26 Å². The highest BCUT2D eigenvalue weighted by atomic mass is 16.1. The van der Waals surface area contributed by atoms with Crippen molar-refractivity contribution in [3.8, 4) is 6.07 Å². The third kappa shape index (κ3) is 3.79. The van der Waals surface area contributed by atoms with E-state index in [1.54, 1.807) is 24.5 Å². The number of rotatable bonds is 5. The van der Waals surface area contributed by atoms with Gasteiger partial charge in [-0.2, -0.15) is 5.26 Å². The molecule has 0 aromatic carbocycles. The third-order valence-corrected chi connectivity index (χ3v) is 3.17. The predicted molar refractivity (Wildman–Crippen MR) is 83.5 cm³/mol. The number of nitriles is 1. The molecule has 112 valence electrons. The molecule has 2 rings (SSSR count). The molecular weight excluding hydrogens is 278 g/mol. The average molecular weight is 295 g/mol. The fraction of sp³-hybridized carbons (Fsp3) is 0.250. The fourth-order valence-corrected chi connectivity index (χ4v) is 2.06. The minimum atomic E-state index is -0.135.